The average Bonchev–Trinajstić information content (AvgIpc) is 2.65. The molecule has 0 aromatic heterocycles. The summed E-state index contributed by atoms with van der Waals surface area (Å²) >= 11 is 0. The van der Waals surface area contributed by atoms with Crippen molar-refractivity contribution >= 4 is 0 Å². The van der Waals surface area contributed by atoms with E-state index in [2.05, 4.69) is 54.4 Å². The van der Waals surface area contributed by atoms with Crippen LogP contribution < -0.4 is 9.47 Å². The first-order valence-corrected chi connectivity index (χ1v) is 9.27. The Morgan fingerprint density at radius 3 is 2.80 bits per heavy atom. The average molecular weight is 339 g/mol. The van der Waals surface area contributed by atoms with Crippen LogP contribution in [0.4, 0.5) is 0 Å². The molecule has 1 atom stereocenters. The van der Waals surface area contributed by atoms with E-state index in [1.54, 1.807) is 7.11 Å². The summed E-state index contributed by atoms with van der Waals surface area (Å²) in [5.41, 5.74) is 2.58. The standard InChI is InChI=1S/C22H29NO2/c1-23-14-6-8-19(16-23)17-25-22-11-4-3-9-20(22)13-12-18-7-5-10-21(15-18)24-2/h3-5,7,9-11,15,19H,6,8,12-14,16-17H2,1-2H3/t19-/m1/s1. The molecule has 0 bridgehead atoms. The number of aryl methyl sites for hydroxylation is 2. The lowest BCUT2D eigenvalue weighted by Gasteiger charge is -2.29. The summed E-state index contributed by atoms with van der Waals surface area (Å²) in [6.07, 6.45) is 4.52. The monoisotopic (exact) mass is 339 g/mol. The zero-order valence-electron chi connectivity index (χ0n) is 15.4. The summed E-state index contributed by atoms with van der Waals surface area (Å²) in [4.78, 5) is 2.41. The van der Waals surface area contributed by atoms with Gasteiger partial charge in [0.15, 0.2) is 0 Å². The van der Waals surface area contributed by atoms with Crippen LogP contribution in [0.2, 0.25) is 0 Å². The van der Waals surface area contributed by atoms with Crippen LogP contribution in [-0.4, -0.2) is 38.8 Å². The van der Waals surface area contributed by atoms with Gasteiger partial charge < -0.3 is 14.4 Å². The first kappa shape index (κ1) is 17.8. The Morgan fingerprint density at radius 1 is 1.08 bits per heavy atom. The molecule has 1 aliphatic rings. The number of hydrogen-bond donors (Lipinski definition) is 0. The van der Waals surface area contributed by atoms with Gasteiger partial charge >= 0.3 is 0 Å². The van der Waals surface area contributed by atoms with Crippen LogP contribution in [0.1, 0.15) is 24.0 Å². The minimum Gasteiger partial charge on any atom is -0.497 e. The second-order valence-corrected chi connectivity index (χ2v) is 7.04. The molecule has 25 heavy (non-hydrogen) atoms. The molecule has 0 amide bonds. The maximum absolute atomic E-state index is 6.21. The zero-order valence-corrected chi connectivity index (χ0v) is 15.4. The minimum absolute atomic E-state index is 0.644. The van der Waals surface area contributed by atoms with E-state index in [0.29, 0.717) is 5.92 Å². The fourth-order valence-corrected chi connectivity index (χ4v) is 3.58. The van der Waals surface area contributed by atoms with Crippen LogP contribution in [0.15, 0.2) is 48.5 Å². The van der Waals surface area contributed by atoms with Gasteiger partial charge in [-0.1, -0.05) is 30.3 Å². The van der Waals surface area contributed by atoms with Crippen LogP contribution in [0.3, 0.4) is 0 Å². The van der Waals surface area contributed by atoms with Gasteiger partial charge in [-0.05, 0) is 68.6 Å². The Kier molecular flexibility index (Phi) is 6.35. The van der Waals surface area contributed by atoms with Crippen LogP contribution in [0.5, 0.6) is 11.5 Å². The first-order valence-electron chi connectivity index (χ1n) is 9.27. The Bertz CT molecular complexity index is 671. The number of para-hydroxylation sites is 1. The summed E-state index contributed by atoms with van der Waals surface area (Å²) in [5.74, 6) is 2.60. The highest BCUT2D eigenvalue weighted by Crippen LogP contribution is 2.23. The van der Waals surface area contributed by atoms with E-state index in [9.17, 15) is 0 Å². The van der Waals surface area contributed by atoms with Crippen LogP contribution in [0.25, 0.3) is 0 Å². The van der Waals surface area contributed by atoms with E-state index in [4.69, 9.17) is 9.47 Å². The Labute approximate surface area is 151 Å². The third-order valence-electron chi connectivity index (χ3n) is 4.99. The van der Waals surface area contributed by atoms with E-state index >= 15 is 0 Å². The van der Waals surface area contributed by atoms with E-state index in [-0.39, 0.29) is 0 Å². The van der Waals surface area contributed by atoms with Gasteiger partial charge in [-0.25, -0.2) is 0 Å². The summed E-state index contributed by atoms with van der Waals surface area (Å²) < 4.78 is 11.5. The third-order valence-corrected chi connectivity index (χ3v) is 4.99. The van der Waals surface area contributed by atoms with Crippen molar-refractivity contribution in [2.45, 2.75) is 25.7 Å². The van der Waals surface area contributed by atoms with Gasteiger partial charge in [0.1, 0.15) is 11.5 Å². The smallest absolute Gasteiger partial charge is 0.122 e. The van der Waals surface area contributed by atoms with Gasteiger partial charge in [-0.15, -0.1) is 0 Å². The molecule has 3 rings (SSSR count). The molecule has 3 heteroatoms. The Balaban J connectivity index is 1.58. The number of methoxy groups -OCH3 is 1. The van der Waals surface area contributed by atoms with Crippen molar-refractivity contribution in [2.24, 2.45) is 5.92 Å². The number of hydrogen-bond acceptors (Lipinski definition) is 3. The lowest BCUT2D eigenvalue weighted by Crippen LogP contribution is -2.34. The van der Waals surface area contributed by atoms with Crippen LogP contribution in [0, 0.1) is 5.92 Å². The van der Waals surface area contributed by atoms with Crippen molar-refractivity contribution in [2.75, 3.05) is 33.9 Å². The van der Waals surface area contributed by atoms with Crippen molar-refractivity contribution in [3.63, 3.8) is 0 Å². The van der Waals surface area contributed by atoms with E-state index < -0.39 is 0 Å². The van der Waals surface area contributed by atoms with E-state index in [0.717, 1.165) is 37.5 Å². The molecule has 1 heterocycles. The second-order valence-electron chi connectivity index (χ2n) is 7.04. The highest BCUT2D eigenvalue weighted by molar-refractivity contribution is 5.35. The van der Waals surface area contributed by atoms with Crippen LogP contribution in [-0.2, 0) is 12.8 Å². The largest absolute Gasteiger partial charge is 0.497 e. The molecule has 0 N–H and O–H groups in total. The quantitative estimate of drug-likeness (QED) is 0.754. The molecule has 1 saturated heterocycles. The first-order chi connectivity index (χ1) is 12.2. The molecule has 0 aliphatic carbocycles. The van der Waals surface area contributed by atoms with Gasteiger partial charge in [0.25, 0.3) is 0 Å². The predicted molar refractivity (Wildman–Crippen MR) is 103 cm³/mol. The molecular weight excluding hydrogens is 310 g/mol. The molecule has 0 saturated carbocycles. The number of likely N-dealkylation sites (tertiary alicyclic amines) is 1. The SMILES string of the molecule is COc1cccc(CCc2ccccc2OC[C@@H]2CCCN(C)C2)c1. The van der Waals surface area contributed by atoms with E-state index in [1.165, 1.54) is 30.5 Å². The topological polar surface area (TPSA) is 21.7 Å². The lowest BCUT2D eigenvalue weighted by atomic mass is 9.99. The summed E-state index contributed by atoms with van der Waals surface area (Å²) in [5, 5.41) is 0. The fourth-order valence-electron chi connectivity index (χ4n) is 3.58. The number of rotatable bonds is 7. The molecular formula is C22H29NO2. The molecule has 1 aliphatic heterocycles. The minimum atomic E-state index is 0.644. The molecule has 2 aromatic rings. The van der Waals surface area contributed by atoms with Gasteiger partial charge in [-0.3, -0.25) is 0 Å². The Hall–Kier alpha value is -2.00. The molecule has 134 valence electrons. The normalized spacial score (nSPS) is 18.1. The maximum atomic E-state index is 6.21. The lowest BCUT2D eigenvalue weighted by molar-refractivity contribution is 0.150. The molecule has 0 radical (unpaired) electrons. The number of ether oxygens (including phenoxy) is 2. The third kappa shape index (κ3) is 5.23. The Morgan fingerprint density at radius 2 is 1.96 bits per heavy atom. The highest BCUT2D eigenvalue weighted by Gasteiger charge is 2.18. The molecule has 0 spiro atoms. The fraction of sp³-hybridized carbons (Fsp3) is 0.455. The van der Waals surface area contributed by atoms with Gasteiger partial charge in [0.05, 0.1) is 13.7 Å². The van der Waals surface area contributed by atoms with Crippen molar-refractivity contribution in [3.8, 4) is 11.5 Å². The van der Waals surface area contributed by atoms with Gasteiger partial charge in [-0.2, -0.15) is 0 Å². The van der Waals surface area contributed by atoms with Crippen molar-refractivity contribution in [1.29, 1.82) is 0 Å². The van der Waals surface area contributed by atoms with Gasteiger partial charge in [0.2, 0.25) is 0 Å². The van der Waals surface area contributed by atoms with Crippen molar-refractivity contribution < 1.29 is 9.47 Å². The highest BCUT2D eigenvalue weighted by atomic mass is 16.5. The number of nitrogens with zero attached hydrogens (tertiary/aromatic N) is 1. The molecule has 3 nitrogen and oxygen atoms in total. The summed E-state index contributed by atoms with van der Waals surface area (Å²) in [6.45, 7) is 3.18. The molecule has 0 unspecified atom stereocenters. The summed E-state index contributed by atoms with van der Waals surface area (Å²) in [7, 11) is 3.92. The number of piperidine rings is 1. The second kappa shape index (κ2) is 8.91. The molecule has 2 aromatic carbocycles. The maximum Gasteiger partial charge on any atom is 0.122 e. The number of benzene rings is 2. The molecule has 1 fully saturated rings. The summed E-state index contributed by atoms with van der Waals surface area (Å²) in [6, 6.07) is 16.8. The predicted octanol–water partition coefficient (Wildman–Crippen LogP) is 4.20. The van der Waals surface area contributed by atoms with Crippen LogP contribution >= 0.6 is 0 Å². The van der Waals surface area contributed by atoms with E-state index in [1.807, 2.05) is 6.07 Å². The van der Waals surface area contributed by atoms with Gasteiger partial charge in [0, 0.05) is 12.5 Å². The zero-order chi connectivity index (χ0) is 17.5. The van der Waals surface area contributed by atoms with Crippen molar-refractivity contribution in [3.05, 3.63) is 59.7 Å². The van der Waals surface area contributed by atoms with Crippen molar-refractivity contribution in [1.82, 2.24) is 4.90 Å².